The third-order valence-corrected chi connectivity index (χ3v) is 3.31. The molecule has 0 unspecified atom stereocenters. The van der Waals surface area contributed by atoms with Gasteiger partial charge in [0, 0.05) is 5.56 Å². The fourth-order valence-corrected chi connectivity index (χ4v) is 2.07. The van der Waals surface area contributed by atoms with E-state index in [4.69, 9.17) is 13.9 Å². The van der Waals surface area contributed by atoms with Gasteiger partial charge in [-0.25, -0.2) is 4.39 Å². The van der Waals surface area contributed by atoms with Crippen LogP contribution in [0.3, 0.4) is 0 Å². The van der Waals surface area contributed by atoms with E-state index in [1.807, 2.05) is 0 Å². The second kappa shape index (κ2) is 7.00. The van der Waals surface area contributed by atoms with Crippen LogP contribution in [-0.4, -0.2) is 24.3 Å². The molecule has 1 N–H and O–H groups in total. The molecule has 3 aromatic rings. The maximum atomic E-state index is 12.9. The largest absolute Gasteiger partial charge is 0.493 e. The maximum Gasteiger partial charge on any atom is 0.332 e. The number of methoxy groups -OCH3 is 2. The molecule has 7 nitrogen and oxygen atoms in total. The van der Waals surface area contributed by atoms with Gasteiger partial charge in [0.05, 0.1) is 19.9 Å². The Morgan fingerprint density at radius 3 is 2.40 bits per heavy atom. The third-order valence-electron chi connectivity index (χ3n) is 3.31. The monoisotopic (exact) mass is 343 g/mol. The minimum absolute atomic E-state index is 0.0888. The summed E-state index contributed by atoms with van der Waals surface area (Å²) >= 11 is 0. The Morgan fingerprint density at radius 2 is 1.72 bits per heavy atom. The molecule has 25 heavy (non-hydrogen) atoms. The van der Waals surface area contributed by atoms with Gasteiger partial charge in [0.15, 0.2) is 11.5 Å². The topological polar surface area (TPSA) is 89.4 Å². The molecule has 8 heteroatoms. The summed E-state index contributed by atoms with van der Waals surface area (Å²) in [5.41, 5.74) is 0.979. The molecule has 1 heterocycles. The van der Waals surface area contributed by atoms with E-state index in [2.05, 4.69) is 15.2 Å². The lowest BCUT2D eigenvalue weighted by Gasteiger charge is -2.07. The Bertz CT molecular complexity index is 907. The third kappa shape index (κ3) is 3.57. The van der Waals surface area contributed by atoms with E-state index in [0.717, 1.165) is 0 Å². The Labute approximate surface area is 142 Å². The molecule has 0 spiro atoms. The zero-order valence-electron chi connectivity index (χ0n) is 13.4. The molecule has 0 fully saturated rings. The molecule has 0 aliphatic carbocycles. The summed E-state index contributed by atoms with van der Waals surface area (Å²) in [6, 6.07) is 10.5. The number of rotatable bonds is 5. The SMILES string of the molecule is COc1ccc(-c2nc(N=Nc3ccc(F)cc3)c(O)o2)cc1OC. The molecule has 1 aromatic heterocycles. The van der Waals surface area contributed by atoms with Crippen LogP contribution in [0.5, 0.6) is 17.4 Å². The van der Waals surface area contributed by atoms with E-state index in [1.165, 1.54) is 38.5 Å². The molecule has 0 atom stereocenters. The highest BCUT2D eigenvalue weighted by molar-refractivity contribution is 5.62. The van der Waals surface area contributed by atoms with Gasteiger partial charge in [-0.05, 0) is 42.5 Å². The van der Waals surface area contributed by atoms with Gasteiger partial charge in [0.25, 0.3) is 5.82 Å². The number of hydrogen-bond donors (Lipinski definition) is 1. The van der Waals surface area contributed by atoms with Gasteiger partial charge in [-0.2, -0.15) is 4.98 Å². The fourth-order valence-electron chi connectivity index (χ4n) is 2.07. The van der Waals surface area contributed by atoms with Crippen molar-refractivity contribution in [1.82, 2.24) is 4.98 Å². The highest BCUT2D eigenvalue weighted by Gasteiger charge is 2.15. The first-order chi connectivity index (χ1) is 12.1. The van der Waals surface area contributed by atoms with Crippen molar-refractivity contribution in [2.45, 2.75) is 0 Å². The van der Waals surface area contributed by atoms with Crippen LogP contribution in [-0.2, 0) is 0 Å². The van der Waals surface area contributed by atoms with Gasteiger partial charge in [-0.15, -0.1) is 10.2 Å². The standard InChI is InChI=1S/C17H14FN3O4/c1-23-13-8-3-10(9-14(13)24-2)16-19-15(17(22)25-16)21-20-12-6-4-11(18)5-7-12/h3-9,22H,1-2H3. The maximum absolute atomic E-state index is 12.9. The van der Waals surface area contributed by atoms with Crippen molar-refractivity contribution in [1.29, 1.82) is 0 Å². The van der Waals surface area contributed by atoms with E-state index in [-0.39, 0.29) is 17.5 Å². The van der Waals surface area contributed by atoms with Gasteiger partial charge in [-0.3, -0.25) is 0 Å². The van der Waals surface area contributed by atoms with Crippen LogP contribution in [0, 0.1) is 5.82 Å². The number of halogens is 1. The van der Waals surface area contributed by atoms with Crippen LogP contribution in [0.2, 0.25) is 0 Å². The van der Waals surface area contributed by atoms with Crippen molar-refractivity contribution in [3.8, 4) is 28.9 Å². The molecule has 0 bridgehead atoms. The van der Waals surface area contributed by atoms with E-state index in [0.29, 0.717) is 22.7 Å². The number of aromatic hydroxyl groups is 1. The molecule has 0 saturated heterocycles. The first-order valence-corrected chi connectivity index (χ1v) is 7.20. The summed E-state index contributed by atoms with van der Waals surface area (Å²) < 4.78 is 28.5. The number of nitrogens with zero attached hydrogens (tertiary/aromatic N) is 3. The molecule has 3 rings (SSSR count). The van der Waals surface area contributed by atoms with Gasteiger partial charge in [0.1, 0.15) is 5.82 Å². The molecule has 2 aromatic carbocycles. The number of hydrogen-bond acceptors (Lipinski definition) is 7. The van der Waals surface area contributed by atoms with Gasteiger partial charge in [-0.1, -0.05) is 0 Å². The molecule has 128 valence electrons. The molecule has 0 aliphatic heterocycles. The molecular weight excluding hydrogens is 329 g/mol. The van der Waals surface area contributed by atoms with Crippen molar-refractivity contribution < 1.29 is 23.4 Å². The second-order valence-electron chi connectivity index (χ2n) is 4.89. The minimum Gasteiger partial charge on any atom is -0.493 e. The minimum atomic E-state index is -0.476. The average Bonchev–Trinajstić information content (AvgIpc) is 3.01. The quantitative estimate of drug-likeness (QED) is 0.683. The number of oxazole rings is 1. The van der Waals surface area contributed by atoms with Crippen LogP contribution < -0.4 is 9.47 Å². The lowest BCUT2D eigenvalue weighted by atomic mass is 10.2. The van der Waals surface area contributed by atoms with E-state index >= 15 is 0 Å². The number of benzene rings is 2. The van der Waals surface area contributed by atoms with Gasteiger partial charge >= 0.3 is 5.95 Å². The summed E-state index contributed by atoms with van der Waals surface area (Å²) in [4.78, 5) is 4.10. The van der Waals surface area contributed by atoms with Crippen LogP contribution in [0.4, 0.5) is 15.9 Å². The van der Waals surface area contributed by atoms with Gasteiger partial charge in [0.2, 0.25) is 5.89 Å². The zero-order chi connectivity index (χ0) is 17.8. The van der Waals surface area contributed by atoms with Crippen LogP contribution in [0.1, 0.15) is 0 Å². The number of aromatic nitrogens is 1. The van der Waals surface area contributed by atoms with Crippen molar-refractivity contribution >= 4 is 11.5 Å². The predicted molar refractivity (Wildman–Crippen MR) is 87.3 cm³/mol. The Balaban J connectivity index is 1.88. The normalized spacial score (nSPS) is 11.0. The van der Waals surface area contributed by atoms with Crippen LogP contribution in [0.15, 0.2) is 57.1 Å². The Kier molecular flexibility index (Phi) is 4.60. The average molecular weight is 343 g/mol. The first-order valence-electron chi connectivity index (χ1n) is 7.20. The summed E-state index contributed by atoms with van der Waals surface area (Å²) in [6.45, 7) is 0. The predicted octanol–water partition coefficient (Wildman–Crippen LogP) is 4.62. The first kappa shape index (κ1) is 16.4. The lowest BCUT2D eigenvalue weighted by Crippen LogP contribution is -1.90. The Hall–Kier alpha value is -3.42. The molecule has 0 saturated carbocycles. The van der Waals surface area contributed by atoms with Gasteiger partial charge < -0.3 is 19.0 Å². The van der Waals surface area contributed by atoms with E-state index in [1.54, 1.807) is 18.2 Å². The summed E-state index contributed by atoms with van der Waals surface area (Å²) in [7, 11) is 3.04. The van der Waals surface area contributed by atoms with E-state index in [9.17, 15) is 9.50 Å². The molecule has 0 amide bonds. The van der Waals surface area contributed by atoms with Crippen LogP contribution >= 0.6 is 0 Å². The molecule has 0 aliphatic rings. The second-order valence-corrected chi connectivity index (χ2v) is 4.89. The lowest BCUT2D eigenvalue weighted by molar-refractivity contribution is 0.338. The van der Waals surface area contributed by atoms with Crippen molar-refractivity contribution in [2.24, 2.45) is 10.2 Å². The summed E-state index contributed by atoms with van der Waals surface area (Å²) in [5, 5.41) is 17.5. The van der Waals surface area contributed by atoms with Crippen molar-refractivity contribution in [2.75, 3.05) is 14.2 Å². The summed E-state index contributed by atoms with van der Waals surface area (Å²) in [5.74, 6) is 0.251. The molecular formula is C17H14FN3O4. The van der Waals surface area contributed by atoms with Crippen molar-refractivity contribution in [3.63, 3.8) is 0 Å². The fraction of sp³-hybridized carbons (Fsp3) is 0.118. The highest BCUT2D eigenvalue weighted by atomic mass is 19.1. The van der Waals surface area contributed by atoms with Crippen LogP contribution in [0.25, 0.3) is 11.5 Å². The molecule has 0 radical (unpaired) electrons. The number of azo groups is 1. The summed E-state index contributed by atoms with van der Waals surface area (Å²) in [6.07, 6.45) is 0. The number of ether oxygens (including phenoxy) is 2. The van der Waals surface area contributed by atoms with E-state index < -0.39 is 5.95 Å². The Morgan fingerprint density at radius 1 is 1.00 bits per heavy atom. The highest BCUT2D eigenvalue weighted by Crippen LogP contribution is 2.36. The smallest absolute Gasteiger partial charge is 0.332 e. The van der Waals surface area contributed by atoms with Crippen molar-refractivity contribution in [3.05, 3.63) is 48.3 Å². The zero-order valence-corrected chi connectivity index (χ0v) is 13.4.